The van der Waals surface area contributed by atoms with Gasteiger partial charge in [-0.25, -0.2) is 0 Å². The molecule has 0 saturated carbocycles. The highest BCUT2D eigenvalue weighted by Crippen LogP contribution is 2.15. The Balaban J connectivity index is 1.78. The van der Waals surface area contributed by atoms with Crippen molar-refractivity contribution in [3.05, 3.63) is 46.0 Å². The van der Waals surface area contributed by atoms with Crippen molar-refractivity contribution in [1.82, 2.24) is 5.32 Å². The molecule has 0 aromatic carbocycles. The number of aryl methyl sites for hydroxylation is 1. The molecule has 2 aromatic heterocycles. The maximum Gasteiger partial charge on any atom is 0.120 e. The third kappa shape index (κ3) is 2.97. The molecule has 2 heterocycles. The molecule has 0 bridgehead atoms. The van der Waals surface area contributed by atoms with E-state index in [4.69, 9.17) is 4.42 Å². The van der Waals surface area contributed by atoms with Gasteiger partial charge in [0, 0.05) is 0 Å². The van der Waals surface area contributed by atoms with Crippen LogP contribution < -0.4 is 5.32 Å². The molecule has 2 aromatic rings. The zero-order chi connectivity index (χ0) is 11.4. The number of rotatable bonds is 5. The number of hydrogen-bond acceptors (Lipinski definition) is 3. The summed E-state index contributed by atoms with van der Waals surface area (Å²) in [5, 5.41) is 7.78. The molecule has 2 rings (SSSR count). The predicted molar refractivity (Wildman–Crippen MR) is 67.9 cm³/mol. The molecule has 0 saturated heterocycles. The average Bonchev–Trinajstić information content (AvgIpc) is 2.89. The van der Waals surface area contributed by atoms with Crippen molar-refractivity contribution in [1.29, 1.82) is 0 Å². The van der Waals surface area contributed by atoms with Crippen LogP contribution in [-0.4, -0.2) is 6.54 Å². The minimum atomic E-state index is 0.285. The molecule has 0 radical (unpaired) electrons. The molecule has 2 nitrogen and oxygen atoms in total. The third-order valence-corrected chi connectivity index (χ3v) is 3.36. The van der Waals surface area contributed by atoms with Crippen LogP contribution in [0.1, 0.15) is 30.0 Å². The summed E-state index contributed by atoms with van der Waals surface area (Å²) in [7, 11) is 0. The fourth-order valence-electron chi connectivity index (χ4n) is 1.65. The van der Waals surface area contributed by atoms with Gasteiger partial charge in [0.05, 0.1) is 6.04 Å². The Morgan fingerprint density at radius 1 is 1.38 bits per heavy atom. The lowest BCUT2D eigenvalue weighted by Gasteiger charge is -2.10. The maximum absolute atomic E-state index is 5.57. The van der Waals surface area contributed by atoms with Gasteiger partial charge in [0.2, 0.25) is 0 Å². The highest BCUT2D eigenvalue weighted by atomic mass is 32.1. The lowest BCUT2D eigenvalue weighted by molar-refractivity contribution is 0.418. The van der Waals surface area contributed by atoms with Crippen molar-refractivity contribution < 1.29 is 4.42 Å². The topological polar surface area (TPSA) is 25.2 Å². The van der Waals surface area contributed by atoms with Gasteiger partial charge in [-0.2, -0.15) is 11.3 Å². The maximum atomic E-state index is 5.57. The predicted octanol–water partition coefficient (Wildman–Crippen LogP) is 3.54. The zero-order valence-corrected chi connectivity index (χ0v) is 10.5. The van der Waals surface area contributed by atoms with Gasteiger partial charge in [-0.15, -0.1) is 0 Å². The average molecular weight is 235 g/mol. The Bertz CT molecular complexity index is 419. The Labute approximate surface area is 100 Å². The van der Waals surface area contributed by atoms with Gasteiger partial charge in [0.15, 0.2) is 0 Å². The molecule has 0 aliphatic carbocycles. The molecule has 0 fully saturated rings. The van der Waals surface area contributed by atoms with E-state index in [1.165, 1.54) is 5.56 Å². The van der Waals surface area contributed by atoms with E-state index >= 15 is 0 Å². The standard InChI is InChI=1S/C13H17NOS/c1-10-3-4-13(15-10)11(2)14-7-5-12-6-8-16-9-12/h3-4,6,8-9,11,14H,5,7H2,1-2H3. The Morgan fingerprint density at radius 2 is 2.25 bits per heavy atom. The van der Waals surface area contributed by atoms with Crippen LogP contribution in [-0.2, 0) is 6.42 Å². The van der Waals surface area contributed by atoms with Crippen molar-refractivity contribution >= 4 is 11.3 Å². The second kappa shape index (κ2) is 5.32. The van der Waals surface area contributed by atoms with E-state index in [0.717, 1.165) is 24.5 Å². The largest absolute Gasteiger partial charge is 0.465 e. The van der Waals surface area contributed by atoms with E-state index in [2.05, 4.69) is 29.1 Å². The Hall–Kier alpha value is -1.06. The van der Waals surface area contributed by atoms with E-state index in [1.54, 1.807) is 11.3 Å². The van der Waals surface area contributed by atoms with E-state index in [9.17, 15) is 0 Å². The highest BCUT2D eigenvalue weighted by Gasteiger charge is 2.08. The van der Waals surface area contributed by atoms with Gasteiger partial charge in [-0.3, -0.25) is 0 Å². The third-order valence-electron chi connectivity index (χ3n) is 2.63. The number of thiophene rings is 1. The second-order valence-electron chi connectivity index (χ2n) is 4.01. The van der Waals surface area contributed by atoms with Gasteiger partial charge in [-0.1, -0.05) is 0 Å². The lowest BCUT2D eigenvalue weighted by atomic mass is 10.2. The number of nitrogens with one attached hydrogen (secondary N) is 1. The molecule has 16 heavy (non-hydrogen) atoms. The smallest absolute Gasteiger partial charge is 0.120 e. The quantitative estimate of drug-likeness (QED) is 0.857. The molecule has 0 aliphatic heterocycles. The van der Waals surface area contributed by atoms with E-state index in [1.807, 2.05) is 19.1 Å². The monoisotopic (exact) mass is 235 g/mol. The zero-order valence-electron chi connectivity index (χ0n) is 9.69. The summed E-state index contributed by atoms with van der Waals surface area (Å²) in [4.78, 5) is 0. The van der Waals surface area contributed by atoms with Gasteiger partial charge in [0.25, 0.3) is 0 Å². The summed E-state index contributed by atoms with van der Waals surface area (Å²) in [5.74, 6) is 1.99. The van der Waals surface area contributed by atoms with Crippen LogP contribution in [0.4, 0.5) is 0 Å². The molecule has 3 heteroatoms. The van der Waals surface area contributed by atoms with Gasteiger partial charge >= 0.3 is 0 Å². The first-order valence-electron chi connectivity index (χ1n) is 5.56. The van der Waals surface area contributed by atoms with Crippen LogP contribution >= 0.6 is 11.3 Å². The molecule has 1 unspecified atom stereocenters. The molecule has 0 spiro atoms. The van der Waals surface area contributed by atoms with Crippen molar-refractivity contribution in [2.24, 2.45) is 0 Å². The normalized spacial score (nSPS) is 12.9. The van der Waals surface area contributed by atoms with Gasteiger partial charge < -0.3 is 9.73 Å². The first-order chi connectivity index (χ1) is 7.75. The molecular formula is C13H17NOS. The van der Waals surface area contributed by atoms with Crippen LogP contribution in [0, 0.1) is 6.92 Å². The number of hydrogen-bond donors (Lipinski definition) is 1. The van der Waals surface area contributed by atoms with Crippen LogP contribution in [0.2, 0.25) is 0 Å². The molecule has 1 N–H and O–H groups in total. The van der Waals surface area contributed by atoms with Gasteiger partial charge in [-0.05, 0) is 61.3 Å². The fourth-order valence-corrected chi connectivity index (χ4v) is 2.36. The summed E-state index contributed by atoms with van der Waals surface area (Å²) in [6, 6.07) is 6.50. The molecule has 1 atom stereocenters. The van der Waals surface area contributed by atoms with E-state index in [0.29, 0.717) is 0 Å². The Morgan fingerprint density at radius 3 is 2.88 bits per heavy atom. The highest BCUT2D eigenvalue weighted by molar-refractivity contribution is 7.07. The first-order valence-corrected chi connectivity index (χ1v) is 6.51. The summed E-state index contributed by atoms with van der Waals surface area (Å²) >= 11 is 1.75. The minimum absolute atomic E-state index is 0.285. The van der Waals surface area contributed by atoms with Crippen molar-refractivity contribution in [3.8, 4) is 0 Å². The summed E-state index contributed by atoms with van der Waals surface area (Å²) in [6.07, 6.45) is 1.08. The Kier molecular flexibility index (Phi) is 3.80. The van der Waals surface area contributed by atoms with Gasteiger partial charge in [0.1, 0.15) is 11.5 Å². The fraction of sp³-hybridized carbons (Fsp3) is 0.385. The second-order valence-corrected chi connectivity index (χ2v) is 4.79. The van der Waals surface area contributed by atoms with Crippen molar-refractivity contribution in [2.75, 3.05) is 6.54 Å². The number of furan rings is 1. The van der Waals surface area contributed by atoms with E-state index in [-0.39, 0.29) is 6.04 Å². The molecule has 86 valence electrons. The molecular weight excluding hydrogens is 218 g/mol. The van der Waals surface area contributed by atoms with Crippen LogP contribution in [0.3, 0.4) is 0 Å². The SMILES string of the molecule is Cc1ccc(C(C)NCCc2ccsc2)o1. The summed E-state index contributed by atoms with van der Waals surface area (Å²) in [5.41, 5.74) is 1.40. The first kappa shape index (κ1) is 11.4. The van der Waals surface area contributed by atoms with Crippen LogP contribution in [0.25, 0.3) is 0 Å². The van der Waals surface area contributed by atoms with Crippen molar-refractivity contribution in [2.45, 2.75) is 26.3 Å². The van der Waals surface area contributed by atoms with Crippen molar-refractivity contribution in [3.63, 3.8) is 0 Å². The van der Waals surface area contributed by atoms with Crippen LogP contribution in [0.5, 0.6) is 0 Å². The summed E-state index contributed by atoms with van der Waals surface area (Å²) in [6.45, 7) is 5.09. The van der Waals surface area contributed by atoms with Crippen LogP contribution in [0.15, 0.2) is 33.4 Å². The summed E-state index contributed by atoms with van der Waals surface area (Å²) < 4.78 is 5.57. The minimum Gasteiger partial charge on any atom is -0.465 e. The lowest BCUT2D eigenvalue weighted by Crippen LogP contribution is -2.20. The molecule has 0 aliphatic rings. The van der Waals surface area contributed by atoms with E-state index < -0.39 is 0 Å². The molecule has 0 amide bonds.